The highest BCUT2D eigenvalue weighted by molar-refractivity contribution is 7.21. The lowest BCUT2D eigenvalue weighted by atomic mass is 10.1. The van der Waals surface area contributed by atoms with Crippen molar-refractivity contribution in [2.24, 2.45) is 0 Å². The molecule has 0 saturated carbocycles. The Kier molecular flexibility index (Phi) is 9.30. The lowest BCUT2D eigenvalue weighted by molar-refractivity contribution is -0.143. The first-order valence-electron chi connectivity index (χ1n) is 12.2. The average Bonchev–Trinajstić information content (AvgIpc) is 3.56. The van der Waals surface area contributed by atoms with Crippen LogP contribution in [0.3, 0.4) is 0 Å². The van der Waals surface area contributed by atoms with Gasteiger partial charge in [0.1, 0.15) is 0 Å². The summed E-state index contributed by atoms with van der Waals surface area (Å²) < 4.78 is 43.0. The topological polar surface area (TPSA) is 92.3 Å². The molecule has 2 aromatic carbocycles. The molecule has 38 heavy (non-hydrogen) atoms. The van der Waals surface area contributed by atoms with Gasteiger partial charge in [-0.05, 0) is 24.6 Å². The van der Waals surface area contributed by atoms with Crippen molar-refractivity contribution in [1.29, 1.82) is 0 Å². The molecule has 0 radical (unpaired) electrons. The van der Waals surface area contributed by atoms with Crippen LogP contribution in [0.2, 0.25) is 5.02 Å². The van der Waals surface area contributed by atoms with E-state index in [0.29, 0.717) is 57.6 Å². The van der Waals surface area contributed by atoms with Gasteiger partial charge in [0, 0.05) is 47.6 Å². The standard InChI is InChI=1S/C27H29ClFNO7S/c1-4-35-23(32)7-6-18(31)22-11-16-21(38-22)12-20(34-3)26(24(16)28)36-8-5-9-37-27-19(33-2)10-15-13-30-14-17(15)25(27)29/h10-12,30H,4-9,13-14H2,1-3H3. The molecule has 0 unspecified atom stereocenters. The number of carbonyl (C=O) groups excluding carboxylic acids is 2. The van der Waals surface area contributed by atoms with Crippen molar-refractivity contribution in [3.8, 4) is 23.0 Å². The van der Waals surface area contributed by atoms with Gasteiger partial charge in [-0.1, -0.05) is 11.6 Å². The molecular weight excluding hydrogens is 537 g/mol. The number of halogens is 2. The van der Waals surface area contributed by atoms with Crippen LogP contribution in [-0.4, -0.2) is 45.8 Å². The third kappa shape index (κ3) is 5.98. The van der Waals surface area contributed by atoms with Gasteiger partial charge < -0.3 is 29.0 Å². The Morgan fingerprint density at radius 3 is 2.45 bits per heavy atom. The molecule has 4 rings (SSSR count). The fourth-order valence-electron chi connectivity index (χ4n) is 4.16. The highest BCUT2D eigenvalue weighted by atomic mass is 35.5. The summed E-state index contributed by atoms with van der Waals surface area (Å²) in [5.41, 5.74) is 1.46. The van der Waals surface area contributed by atoms with E-state index in [1.807, 2.05) is 0 Å². The highest BCUT2D eigenvalue weighted by Gasteiger charge is 2.23. The van der Waals surface area contributed by atoms with E-state index in [2.05, 4.69) is 5.32 Å². The minimum absolute atomic E-state index is 0.0204. The number of ketones is 1. The second-order valence-electron chi connectivity index (χ2n) is 8.49. The van der Waals surface area contributed by atoms with Crippen LogP contribution in [0.15, 0.2) is 18.2 Å². The summed E-state index contributed by atoms with van der Waals surface area (Å²) in [6.07, 6.45) is 0.513. The van der Waals surface area contributed by atoms with Crippen molar-refractivity contribution < 1.29 is 37.7 Å². The second-order valence-corrected chi connectivity index (χ2v) is 9.95. The zero-order valence-electron chi connectivity index (χ0n) is 21.4. The minimum Gasteiger partial charge on any atom is -0.493 e. The van der Waals surface area contributed by atoms with Crippen LogP contribution in [0.1, 0.15) is 47.0 Å². The molecule has 1 aliphatic rings. The van der Waals surface area contributed by atoms with Crippen molar-refractivity contribution in [2.45, 2.75) is 39.3 Å². The zero-order chi connectivity index (χ0) is 27.2. The monoisotopic (exact) mass is 565 g/mol. The molecule has 0 fully saturated rings. The number of ether oxygens (including phenoxy) is 5. The molecule has 0 aliphatic carbocycles. The third-order valence-corrected chi connectivity index (χ3v) is 7.54. The van der Waals surface area contributed by atoms with E-state index < -0.39 is 11.8 Å². The van der Waals surface area contributed by atoms with Gasteiger partial charge in [-0.25, -0.2) is 4.39 Å². The van der Waals surface area contributed by atoms with E-state index in [9.17, 15) is 14.0 Å². The van der Waals surface area contributed by atoms with Gasteiger partial charge in [0.25, 0.3) is 0 Å². The molecule has 1 N–H and O–H groups in total. The number of hydrogen-bond acceptors (Lipinski definition) is 9. The van der Waals surface area contributed by atoms with Gasteiger partial charge in [-0.15, -0.1) is 11.3 Å². The first kappa shape index (κ1) is 27.9. The Hall–Kier alpha value is -3.08. The van der Waals surface area contributed by atoms with Crippen LogP contribution in [0.4, 0.5) is 4.39 Å². The van der Waals surface area contributed by atoms with E-state index in [0.717, 1.165) is 10.3 Å². The molecule has 3 aromatic rings. The molecule has 0 bridgehead atoms. The van der Waals surface area contributed by atoms with E-state index in [1.165, 1.54) is 25.6 Å². The fraction of sp³-hybridized carbons (Fsp3) is 0.407. The molecule has 11 heteroatoms. The van der Waals surface area contributed by atoms with Crippen LogP contribution in [0, 0.1) is 5.82 Å². The van der Waals surface area contributed by atoms with Crippen molar-refractivity contribution >= 4 is 44.8 Å². The molecule has 2 heterocycles. The summed E-state index contributed by atoms with van der Waals surface area (Å²) in [5, 5.41) is 4.09. The number of carbonyl (C=O) groups is 2. The molecule has 204 valence electrons. The molecule has 0 atom stereocenters. The Bertz CT molecular complexity index is 1340. The fourth-order valence-corrected chi connectivity index (χ4v) is 5.58. The number of rotatable bonds is 13. The van der Waals surface area contributed by atoms with Crippen LogP contribution >= 0.6 is 22.9 Å². The highest BCUT2D eigenvalue weighted by Crippen LogP contribution is 2.44. The van der Waals surface area contributed by atoms with Crippen LogP contribution in [0.25, 0.3) is 10.1 Å². The maximum atomic E-state index is 14.9. The van der Waals surface area contributed by atoms with Crippen molar-refractivity contribution in [2.75, 3.05) is 34.0 Å². The van der Waals surface area contributed by atoms with E-state index in [4.69, 9.17) is 35.3 Å². The summed E-state index contributed by atoms with van der Waals surface area (Å²) in [7, 11) is 2.98. The van der Waals surface area contributed by atoms with Crippen molar-refractivity contribution in [1.82, 2.24) is 5.32 Å². The summed E-state index contributed by atoms with van der Waals surface area (Å²) in [6.45, 7) is 3.46. The Labute approximate surface area is 228 Å². The van der Waals surface area contributed by atoms with Gasteiger partial charge in [0.2, 0.25) is 0 Å². The van der Waals surface area contributed by atoms with E-state index in [1.54, 1.807) is 25.1 Å². The van der Waals surface area contributed by atoms with Crippen LogP contribution < -0.4 is 24.3 Å². The Morgan fingerprint density at radius 1 is 1.03 bits per heavy atom. The predicted octanol–water partition coefficient (Wildman–Crippen LogP) is 5.69. The molecule has 0 saturated heterocycles. The number of nitrogens with one attached hydrogen (secondary N) is 1. The maximum Gasteiger partial charge on any atom is 0.306 e. The Morgan fingerprint density at radius 2 is 1.74 bits per heavy atom. The predicted molar refractivity (Wildman–Crippen MR) is 143 cm³/mol. The Balaban J connectivity index is 1.40. The normalized spacial score (nSPS) is 12.3. The third-order valence-electron chi connectivity index (χ3n) is 6.04. The van der Waals surface area contributed by atoms with Gasteiger partial charge in [0.05, 0.1) is 50.4 Å². The molecule has 1 aromatic heterocycles. The molecular formula is C27H29ClFNO7S. The van der Waals surface area contributed by atoms with E-state index in [-0.39, 0.29) is 44.2 Å². The molecule has 0 spiro atoms. The number of benzene rings is 2. The number of hydrogen-bond donors (Lipinski definition) is 1. The average molecular weight is 566 g/mol. The summed E-state index contributed by atoms with van der Waals surface area (Å²) in [5.74, 6) is 0.226. The van der Waals surface area contributed by atoms with Gasteiger partial charge in [-0.2, -0.15) is 0 Å². The largest absolute Gasteiger partial charge is 0.493 e. The molecule has 0 amide bonds. The number of thiophene rings is 1. The van der Waals surface area contributed by atoms with Gasteiger partial charge >= 0.3 is 5.97 Å². The first-order valence-corrected chi connectivity index (χ1v) is 13.4. The quantitative estimate of drug-likeness (QED) is 0.161. The van der Waals surface area contributed by atoms with Gasteiger partial charge in [0.15, 0.2) is 34.6 Å². The zero-order valence-corrected chi connectivity index (χ0v) is 23.0. The van der Waals surface area contributed by atoms with Crippen molar-refractivity contribution in [3.05, 3.63) is 45.0 Å². The second kappa shape index (κ2) is 12.6. The lowest BCUT2D eigenvalue weighted by Crippen LogP contribution is -2.08. The minimum atomic E-state index is -0.412. The number of Topliss-reactive ketones (excluding diaryl/α,β-unsaturated/α-hetero) is 1. The summed E-state index contributed by atoms with van der Waals surface area (Å²) in [6, 6.07) is 5.25. The first-order chi connectivity index (χ1) is 18.4. The number of fused-ring (bicyclic) bond motifs is 2. The van der Waals surface area contributed by atoms with Crippen LogP contribution in [-0.2, 0) is 22.6 Å². The summed E-state index contributed by atoms with van der Waals surface area (Å²) in [4.78, 5) is 24.7. The SMILES string of the molecule is CCOC(=O)CCC(=O)c1cc2c(Cl)c(OCCCOc3c(OC)cc4c(c3F)CNC4)c(OC)cc2s1. The lowest BCUT2D eigenvalue weighted by Gasteiger charge is -2.15. The van der Waals surface area contributed by atoms with E-state index >= 15 is 0 Å². The molecule has 1 aliphatic heterocycles. The van der Waals surface area contributed by atoms with Crippen LogP contribution in [0.5, 0.6) is 23.0 Å². The smallest absolute Gasteiger partial charge is 0.306 e. The van der Waals surface area contributed by atoms with Crippen molar-refractivity contribution in [3.63, 3.8) is 0 Å². The maximum absolute atomic E-state index is 14.9. The van der Waals surface area contributed by atoms with Gasteiger partial charge in [-0.3, -0.25) is 9.59 Å². The molecule has 8 nitrogen and oxygen atoms in total. The number of esters is 1. The summed E-state index contributed by atoms with van der Waals surface area (Å²) >= 11 is 7.92. The number of methoxy groups -OCH3 is 2.